The van der Waals surface area contributed by atoms with Gasteiger partial charge < -0.3 is 24.4 Å². The number of esters is 1. The Morgan fingerprint density at radius 1 is 1.34 bits per heavy atom. The Morgan fingerprint density at radius 2 is 2.12 bits per heavy atom. The molecule has 41 heavy (non-hydrogen) atoms. The predicted molar refractivity (Wildman–Crippen MR) is 159 cm³/mol. The monoisotopic (exact) mass is 585 g/mol. The molecule has 4 rings (SSSR count). The van der Waals surface area contributed by atoms with Gasteiger partial charge in [0.25, 0.3) is 0 Å². The quantitative estimate of drug-likeness (QED) is 0.0910. The Balaban J connectivity index is 1.51. The molecular formula is C32H43NO7S. The van der Waals surface area contributed by atoms with Gasteiger partial charge in [-0.15, -0.1) is 0 Å². The molecule has 1 fully saturated rings. The van der Waals surface area contributed by atoms with E-state index in [0.717, 1.165) is 56.1 Å². The van der Waals surface area contributed by atoms with Crippen LogP contribution in [0.5, 0.6) is 11.5 Å². The van der Waals surface area contributed by atoms with E-state index in [-0.39, 0.29) is 43.3 Å². The molecule has 2 aliphatic heterocycles. The molecule has 224 valence electrons. The van der Waals surface area contributed by atoms with Crippen molar-refractivity contribution in [2.75, 3.05) is 20.0 Å². The number of nitrogens with zero attached hydrogens (tertiary/aromatic N) is 1. The maximum atomic E-state index is 13.0. The Labute approximate surface area is 247 Å². The van der Waals surface area contributed by atoms with Crippen LogP contribution < -0.4 is 4.74 Å². The van der Waals surface area contributed by atoms with Crippen LogP contribution in [0.25, 0.3) is 0 Å². The van der Waals surface area contributed by atoms with Crippen molar-refractivity contribution >= 4 is 23.6 Å². The summed E-state index contributed by atoms with van der Waals surface area (Å²) in [7, 11) is 0. The van der Waals surface area contributed by atoms with E-state index in [1.54, 1.807) is 13.8 Å². The van der Waals surface area contributed by atoms with Crippen LogP contribution in [-0.4, -0.2) is 58.5 Å². The Kier molecular flexibility index (Phi) is 10.3. The van der Waals surface area contributed by atoms with Crippen molar-refractivity contribution in [2.24, 2.45) is 5.41 Å². The number of rotatable bonds is 14. The Hall–Kier alpha value is -2.75. The lowest BCUT2D eigenvalue weighted by molar-refractivity contribution is -0.171. The number of phenolic OH excluding ortho intramolecular Hbond substituents is 1. The molecule has 8 nitrogen and oxygen atoms in total. The highest BCUT2D eigenvalue weighted by molar-refractivity contribution is 8.04. The lowest BCUT2D eigenvalue weighted by Crippen LogP contribution is -2.68. The number of fused-ring (bicyclic) bond motifs is 1. The number of unbranched alkanes of at least 4 members (excludes halogenated alkanes) is 2. The fraction of sp³-hybridized carbons (Fsp3) is 0.562. The Morgan fingerprint density at radius 3 is 2.80 bits per heavy atom. The van der Waals surface area contributed by atoms with Gasteiger partial charge in [0.05, 0.1) is 12.7 Å². The number of carbonyl (C=O) groups is 2. The molecule has 1 aromatic rings. The van der Waals surface area contributed by atoms with Crippen LogP contribution in [0.1, 0.15) is 83.3 Å². The summed E-state index contributed by atoms with van der Waals surface area (Å²) in [5.41, 5.74) is 2.23. The average Bonchev–Trinajstić information content (AvgIpc) is 3.30. The molecule has 1 saturated heterocycles. The molecule has 4 atom stereocenters. The average molecular weight is 586 g/mol. The first-order chi connectivity index (χ1) is 19.6. The van der Waals surface area contributed by atoms with E-state index in [0.29, 0.717) is 10.7 Å². The van der Waals surface area contributed by atoms with E-state index in [2.05, 4.69) is 26.5 Å². The SMILES string of the molecule is C=CCOC(=O)C1=C(COCOc2cc(CCCCC)cc(O)c2[C@@H]2C=C(C)CCC2)SC2N1C(=O)C2(C)[C@@H](C)O. The molecule has 1 aliphatic carbocycles. The van der Waals surface area contributed by atoms with Gasteiger partial charge in [-0.05, 0) is 70.6 Å². The van der Waals surface area contributed by atoms with Gasteiger partial charge >= 0.3 is 5.97 Å². The number of β-lactam (4-membered cyclic amide) rings is 1. The van der Waals surface area contributed by atoms with Crippen molar-refractivity contribution in [3.05, 3.63) is 58.2 Å². The topological polar surface area (TPSA) is 106 Å². The predicted octanol–water partition coefficient (Wildman–Crippen LogP) is 5.93. The second-order valence-electron chi connectivity index (χ2n) is 11.4. The van der Waals surface area contributed by atoms with Crippen molar-refractivity contribution < 1.29 is 34.0 Å². The van der Waals surface area contributed by atoms with Gasteiger partial charge in [0.2, 0.25) is 5.91 Å². The number of aromatic hydroxyl groups is 1. The first kappa shape index (κ1) is 31.2. The Bertz CT molecular complexity index is 1220. The fourth-order valence-corrected chi connectivity index (χ4v) is 7.32. The molecule has 3 aliphatic rings. The van der Waals surface area contributed by atoms with Crippen LogP contribution in [0, 0.1) is 5.41 Å². The maximum Gasteiger partial charge on any atom is 0.356 e. The molecule has 2 unspecified atom stereocenters. The third-order valence-corrected chi connectivity index (χ3v) is 9.82. The number of thioether (sulfide) groups is 1. The van der Waals surface area contributed by atoms with Crippen molar-refractivity contribution in [3.8, 4) is 11.5 Å². The summed E-state index contributed by atoms with van der Waals surface area (Å²) in [4.78, 5) is 27.9. The standard InChI is InChI=1S/C32H43NO7S/c1-6-8-9-12-22-16-24(35)27(23-13-10-11-20(3)15-23)25(17-22)40-19-38-18-26-28(29(36)39-14-7-2)33-30(37)32(5,21(4)34)31(33)41-26/h7,15-17,21,23,31,34-35H,2,6,8-14,18-19H2,1,3-5H3/t21-,23+,31?,32?/m1/s1. The number of ether oxygens (including phenoxy) is 3. The van der Waals surface area contributed by atoms with Gasteiger partial charge in [-0.1, -0.05) is 55.8 Å². The first-order valence-corrected chi connectivity index (χ1v) is 15.4. The molecule has 9 heteroatoms. The van der Waals surface area contributed by atoms with Gasteiger partial charge in [0, 0.05) is 16.4 Å². The van der Waals surface area contributed by atoms with E-state index in [4.69, 9.17) is 14.2 Å². The third-order valence-electron chi connectivity index (χ3n) is 8.30. The number of benzene rings is 1. The van der Waals surface area contributed by atoms with Crippen LogP contribution in [0.2, 0.25) is 0 Å². The minimum Gasteiger partial charge on any atom is -0.507 e. The van der Waals surface area contributed by atoms with Gasteiger partial charge in [0.1, 0.15) is 34.6 Å². The minimum absolute atomic E-state index is 0.0145. The van der Waals surface area contributed by atoms with E-state index < -0.39 is 22.9 Å². The zero-order valence-corrected chi connectivity index (χ0v) is 25.4. The van der Waals surface area contributed by atoms with Gasteiger partial charge in [0.15, 0.2) is 6.79 Å². The highest BCUT2D eigenvalue weighted by Gasteiger charge is 2.65. The van der Waals surface area contributed by atoms with Crippen molar-refractivity contribution in [2.45, 2.75) is 90.0 Å². The number of aliphatic hydroxyl groups is 1. The van der Waals surface area contributed by atoms with Crippen LogP contribution in [0.4, 0.5) is 0 Å². The van der Waals surface area contributed by atoms with Crippen molar-refractivity contribution in [1.82, 2.24) is 4.90 Å². The number of carbonyl (C=O) groups excluding carboxylic acids is 2. The molecule has 0 spiro atoms. The van der Waals surface area contributed by atoms with Gasteiger partial charge in [-0.25, -0.2) is 4.79 Å². The summed E-state index contributed by atoms with van der Waals surface area (Å²) < 4.78 is 17.3. The molecule has 0 radical (unpaired) electrons. The van der Waals surface area contributed by atoms with Gasteiger partial charge in [-0.2, -0.15) is 0 Å². The number of aliphatic hydroxyl groups excluding tert-OH is 1. The number of hydrogen-bond donors (Lipinski definition) is 2. The summed E-state index contributed by atoms with van der Waals surface area (Å²) in [6, 6.07) is 3.87. The van der Waals surface area contributed by atoms with Crippen LogP contribution in [-0.2, 0) is 25.5 Å². The summed E-state index contributed by atoms with van der Waals surface area (Å²) >= 11 is 1.33. The minimum atomic E-state index is -1.01. The van der Waals surface area contributed by atoms with Crippen LogP contribution in [0.15, 0.2) is 47.0 Å². The van der Waals surface area contributed by atoms with Crippen LogP contribution >= 0.6 is 11.8 Å². The normalized spacial score (nSPS) is 24.5. The summed E-state index contributed by atoms with van der Waals surface area (Å²) in [6.07, 6.45) is 9.96. The van der Waals surface area contributed by atoms with Gasteiger partial charge in [-0.3, -0.25) is 9.69 Å². The van der Waals surface area contributed by atoms with Crippen molar-refractivity contribution in [3.63, 3.8) is 0 Å². The summed E-state index contributed by atoms with van der Waals surface area (Å²) in [5, 5.41) is 21.0. The number of amides is 1. The molecule has 1 amide bonds. The highest BCUT2D eigenvalue weighted by Crippen LogP contribution is 2.57. The first-order valence-electron chi connectivity index (χ1n) is 14.6. The third kappa shape index (κ3) is 6.37. The van der Waals surface area contributed by atoms with E-state index in [1.807, 2.05) is 12.1 Å². The zero-order valence-electron chi connectivity index (χ0n) is 24.6. The smallest absolute Gasteiger partial charge is 0.356 e. The highest BCUT2D eigenvalue weighted by atomic mass is 32.2. The number of phenols is 1. The maximum absolute atomic E-state index is 13.0. The van der Waals surface area contributed by atoms with Crippen molar-refractivity contribution in [1.29, 1.82) is 0 Å². The number of hydrogen-bond acceptors (Lipinski definition) is 8. The number of aryl methyl sites for hydroxylation is 1. The lowest BCUT2D eigenvalue weighted by atomic mass is 9.75. The second kappa shape index (κ2) is 13.5. The lowest BCUT2D eigenvalue weighted by Gasteiger charge is -2.52. The largest absolute Gasteiger partial charge is 0.507 e. The van der Waals surface area contributed by atoms with E-state index >= 15 is 0 Å². The molecular weight excluding hydrogens is 542 g/mol. The molecule has 0 saturated carbocycles. The fourth-order valence-electron chi connectivity index (χ4n) is 5.76. The molecule has 2 heterocycles. The zero-order chi connectivity index (χ0) is 29.7. The molecule has 0 aromatic heterocycles. The van der Waals surface area contributed by atoms with Crippen LogP contribution in [0.3, 0.4) is 0 Å². The molecule has 2 N–H and O–H groups in total. The van der Waals surface area contributed by atoms with E-state index in [1.165, 1.54) is 28.3 Å². The summed E-state index contributed by atoms with van der Waals surface area (Å²) in [5.74, 6) is -0.0433. The number of allylic oxidation sites excluding steroid dienone is 2. The molecule has 1 aromatic carbocycles. The van der Waals surface area contributed by atoms with E-state index in [9.17, 15) is 19.8 Å². The summed E-state index contributed by atoms with van der Waals surface area (Å²) in [6.45, 7) is 11.1. The molecule has 0 bridgehead atoms. The second-order valence-corrected chi connectivity index (χ2v) is 12.5.